The largest absolute Gasteiger partial charge is 0.383 e. The van der Waals surface area contributed by atoms with Gasteiger partial charge in [0.15, 0.2) is 0 Å². The van der Waals surface area contributed by atoms with Crippen LogP contribution in [0.5, 0.6) is 0 Å². The van der Waals surface area contributed by atoms with Crippen molar-refractivity contribution < 1.29 is 0 Å². The van der Waals surface area contributed by atoms with Crippen LogP contribution in [0.2, 0.25) is 0 Å². The maximum Gasteiger partial charge on any atom is 0.0628 e. The normalized spacial score (nSPS) is 10.8. The summed E-state index contributed by atoms with van der Waals surface area (Å²) in [6, 6.07) is 8.33. The number of nitrogens with one attached hydrogen (secondary N) is 2. The standard InChI is InChI=1S/C12H17N3/c1-9-12(14-8-4-7-13)10-5-2-3-6-11(10)15-9/h2-3,5-6,14-15H,4,7-8,13H2,1H3. The fourth-order valence-electron chi connectivity index (χ4n) is 1.82. The SMILES string of the molecule is Cc1[nH]c2ccccc2c1NCCCN. The Morgan fingerprint density at radius 1 is 1.33 bits per heavy atom. The molecule has 15 heavy (non-hydrogen) atoms. The lowest BCUT2D eigenvalue weighted by molar-refractivity contribution is 0.874. The van der Waals surface area contributed by atoms with Crippen molar-refractivity contribution in [2.75, 3.05) is 18.4 Å². The molecule has 1 aromatic carbocycles. The van der Waals surface area contributed by atoms with E-state index >= 15 is 0 Å². The number of rotatable bonds is 4. The lowest BCUT2D eigenvalue weighted by atomic mass is 10.2. The number of benzene rings is 1. The van der Waals surface area contributed by atoms with Crippen molar-refractivity contribution in [1.29, 1.82) is 0 Å². The molecule has 0 aliphatic heterocycles. The highest BCUT2D eigenvalue weighted by molar-refractivity contribution is 5.94. The number of aromatic amines is 1. The highest BCUT2D eigenvalue weighted by atomic mass is 14.9. The molecular weight excluding hydrogens is 186 g/mol. The molecule has 0 bridgehead atoms. The molecule has 0 atom stereocenters. The van der Waals surface area contributed by atoms with Crippen LogP contribution in [0.1, 0.15) is 12.1 Å². The van der Waals surface area contributed by atoms with Crippen LogP contribution in [0.4, 0.5) is 5.69 Å². The third-order valence-corrected chi connectivity index (χ3v) is 2.58. The molecule has 0 spiro atoms. The molecule has 0 aliphatic carbocycles. The van der Waals surface area contributed by atoms with E-state index in [1.54, 1.807) is 0 Å². The Morgan fingerprint density at radius 2 is 2.13 bits per heavy atom. The molecule has 0 radical (unpaired) electrons. The summed E-state index contributed by atoms with van der Waals surface area (Å²) in [5.74, 6) is 0. The molecule has 0 amide bonds. The third kappa shape index (κ3) is 1.97. The summed E-state index contributed by atoms with van der Waals surface area (Å²) < 4.78 is 0. The Morgan fingerprint density at radius 3 is 2.93 bits per heavy atom. The molecule has 0 fully saturated rings. The van der Waals surface area contributed by atoms with Crippen molar-refractivity contribution in [3.05, 3.63) is 30.0 Å². The first-order valence-corrected chi connectivity index (χ1v) is 5.34. The number of aromatic nitrogens is 1. The van der Waals surface area contributed by atoms with Crippen LogP contribution in [0.15, 0.2) is 24.3 Å². The number of anilines is 1. The van der Waals surface area contributed by atoms with Gasteiger partial charge in [-0.1, -0.05) is 18.2 Å². The van der Waals surface area contributed by atoms with Crippen molar-refractivity contribution in [3.8, 4) is 0 Å². The second-order valence-electron chi connectivity index (χ2n) is 3.74. The van der Waals surface area contributed by atoms with Gasteiger partial charge < -0.3 is 16.0 Å². The van der Waals surface area contributed by atoms with Crippen LogP contribution in [0.25, 0.3) is 10.9 Å². The van der Waals surface area contributed by atoms with E-state index in [1.807, 2.05) is 6.07 Å². The van der Waals surface area contributed by atoms with Gasteiger partial charge in [-0.2, -0.15) is 0 Å². The number of hydrogen-bond donors (Lipinski definition) is 3. The quantitative estimate of drug-likeness (QED) is 0.667. The van der Waals surface area contributed by atoms with Crippen molar-refractivity contribution in [2.45, 2.75) is 13.3 Å². The minimum Gasteiger partial charge on any atom is -0.383 e. The summed E-state index contributed by atoms with van der Waals surface area (Å²) in [4.78, 5) is 3.36. The molecule has 1 aromatic heterocycles. The Hall–Kier alpha value is -1.48. The number of hydrogen-bond acceptors (Lipinski definition) is 2. The monoisotopic (exact) mass is 203 g/mol. The van der Waals surface area contributed by atoms with Gasteiger partial charge in [0, 0.05) is 23.1 Å². The molecule has 0 aliphatic rings. The summed E-state index contributed by atoms with van der Waals surface area (Å²) in [7, 11) is 0. The lowest BCUT2D eigenvalue weighted by Gasteiger charge is -2.04. The number of H-pyrrole nitrogens is 1. The minimum atomic E-state index is 0.731. The fourth-order valence-corrected chi connectivity index (χ4v) is 1.82. The summed E-state index contributed by atoms with van der Waals surface area (Å²) >= 11 is 0. The molecule has 1 heterocycles. The molecule has 80 valence electrons. The van der Waals surface area contributed by atoms with Gasteiger partial charge in [-0.05, 0) is 26.0 Å². The summed E-state index contributed by atoms with van der Waals surface area (Å²) in [6.45, 7) is 3.75. The maximum atomic E-state index is 5.47. The Bertz CT molecular complexity index is 445. The van der Waals surface area contributed by atoms with Crippen molar-refractivity contribution >= 4 is 16.6 Å². The van der Waals surface area contributed by atoms with Crippen LogP contribution in [0, 0.1) is 6.92 Å². The highest BCUT2D eigenvalue weighted by Gasteiger charge is 2.05. The predicted octanol–water partition coefficient (Wildman–Crippen LogP) is 2.24. The Balaban J connectivity index is 2.28. The molecule has 0 saturated heterocycles. The summed E-state index contributed by atoms with van der Waals surface area (Å²) in [5.41, 5.74) is 9.05. The minimum absolute atomic E-state index is 0.731. The van der Waals surface area contributed by atoms with Gasteiger partial charge in [-0.15, -0.1) is 0 Å². The summed E-state index contributed by atoms with van der Waals surface area (Å²) in [5, 5.41) is 4.68. The zero-order valence-corrected chi connectivity index (χ0v) is 9.01. The number of fused-ring (bicyclic) bond motifs is 1. The molecule has 0 unspecified atom stereocenters. The fraction of sp³-hybridized carbons (Fsp3) is 0.333. The zero-order chi connectivity index (χ0) is 10.7. The van der Waals surface area contributed by atoms with E-state index in [0.717, 1.165) is 19.5 Å². The van der Waals surface area contributed by atoms with Crippen LogP contribution < -0.4 is 11.1 Å². The summed E-state index contributed by atoms with van der Waals surface area (Å²) in [6.07, 6.45) is 0.999. The second-order valence-corrected chi connectivity index (χ2v) is 3.74. The van der Waals surface area contributed by atoms with E-state index in [1.165, 1.54) is 22.3 Å². The molecule has 3 heteroatoms. The van der Waals surface area contributed by atoms with Gasteiger partial charge in [0.25, 0.3) is 0 Å². The van der Waals surface area contributed by atoms with Gasteiger partial charge in [0.1, 0.15) is 0 Å². The van der Waals surface area contributed by atoms with E-state index in [4.69, 9.17) is 5.73 Å². The Labute approximate surface area is 89.7 Å². The maximum absolute atomic E-state index is 5.47. The van der Waals surface area contributed by atoms with E-state index in [-0.39, 0.29) is 0 Å². The number of aryl methyl sites for hydroxylation is 1. The molecular formula is C12H17N3. The average molecular weight is 203 g/mol. The van der Waals surface area contributed by atoms with Gasteiger partial charge in [-0.25, -0.2) is 0 Å². The van der Waals surface area contributed by atoms with E-state index in [0.29, 0.717) is 0 Å². The lowest BCUT2D eigenvalue weighted by Crippen LogP contribution is -2.08. The van der Waals surface area contributed by atoms with Gasteiger partial charge in [0.05, 0.1) is 5.69 Å². The number of nitrogens with two attached hydrogens (primary N) is 1. The third-order valence-electron chi connectivity index (χ3n) is 2.58. The number of para-hydroxylation sites is 1. The van der Waals surface area contributed by atoms with Crippen LogP contribution >= 0.6 is 0 Å². The average Bonchev–Trinajstić information content (AvgIpc) is 2.56. The topological polar surface area (TPSA) is 53.8 Å². The van der Waals surface area contributed by atoms with Crippen LogP contribution in [-0.4, -0.2) is 18.1 Å². The van der Waals surface area contributed by atoms with E-state index in [2.05, 4.69) is 35.4 Å². The van der Waals surface area contributed by atoms with Gasteiger partial charge >= 0.3 is 0 Å². The highest BCUT2D eigenvalue weighted by Crippen LogP contribution is 2.26. The smallest absolute Gasteiger partial charge is 0.0628 e. The van der Waals surface area contributed by atoms with Crippen molar-refractivity contribution in [2.24, 2.45) is 5.73 Å². The molecule has 0 saturated carbocycles. The predicted molar refractivity (Wildman–Crippen MR) is 65.2 cm³/mol. The Kier molecular flexibility index (Phi) is 2.92. The van der Waals surface area contributed by atoms with Crippen molar-refractivity contribution in [3.63, 3.8) is 0 Å². The van der Waals surface area contributed by atoms with Crippen molar-refractivity contribution in [1.82, 2.24) is 4.98 Å². The van der Waals surface area contributed by atoms with Gasteiger partial charge in [0.2, 0.25) is 0 Å². The first kappa shape index (κ1) is 10.1. The molecule has 3 nitrogen and oxygen atoms in total. The molecule has 4 N–H and O–H groups in total. The van der Waals surface area contributed by atoms with Crippen LogP contribution in [-0.2, 0) is 0 Å². The van der Waals surface area contributed by atoms with Gasteiger partial charge in [-0.3, -0.25) is 0 Å². The van der Waals surface area contributed by atoms with E-state index < -0.39 is 0 Å². The molecule has 2 rings (SSSR count). The van der Waals surface area contributed by atoms with Crippen LogP contribution in [0.3, 0.4) is 0 Å². The molecule has 2 aromatic rings. The zero-order valence-electron chi connectivity index (χ0n) is 9.01. The first-order valence-electron chi connectivity index (χ1n) is 5.34. The second kappa shape index (κ2) is 4.36. The first-order chi connectivity index (χ1) is 7.33. The van der Waals surface area contributed by atoms with E-state index in [9.17, 15) is 0 Å².